The molecule has 0 bridgehead atoms. The zero-order valence-electron chi connectivity index (χ0n) is 16.2. The van der Waals surface area contributed by atoms with E-state index in [0.717, 1.165) is 44.6 Å². The molecule has 142 valence electrons. The number of nitrogens with zero attached hydrogens (tertiary/aromatic N) is 5. The number of rotatable bonds is 7. The molecule has 0 saturated carbocycles. The van der Waals surface area contributed by atoms with Crippen molar-refractivity contribution < 1.29 is 9.53 Å². The Morgan fingerprint density at radius 3 is 2.85 bits per heavy atom. The summed E-state index contributed by atoms with van der Waals surface area (Å²) in [5.41, 5.74) is 3.89. The molecule has 0 spiro atoms. The van der Waals surface area contributed by atoms with E-state index in [9.17, 15) is 4.79 Å². The quantitative estimate of drug-likeness (QED) is 0.710. The van der Waals surface area contributed by atoms with Gasteiger partial charge >= 0.3 is 5.97 Å². The first kappa shape index (κ1) is 18.6. The van der Waals surface area contributed by atoms with Crippen molar-refractivity contribution in [3.8, 4) is 0 Å². The van der Waals surface area contributed by atoms with E-state index in [1.807, 2.05) is 35.7 Å². The molecule has 0 radical (unpaired) electrons. The van der Waals surface area contributed by atoms with Gasteiger partial charge in [0.05, 0.1) is 12.8 Å². The molecule has 0 amide bonds. The van der Waals surface area contributed by atoms with Gasteiger partial charge in [0.15, 0.2) is 5.69 Å². The summed E-state index contributed by atoms with van der Waals surface area (Å²) in [5.74, 6) is 0.293. The summed E-state index contributed by atoms with van der Waals surface area (Å²) in [7, 11) is 1.93. The lowest BCUT2D eigenvalue weighted by Crippen LogP contribution is -2.31. The fraction of sp³-hybridized carbons (Fsp3) is 0.632. The second-order valence-electron chi connectivity index (χ2n) is 7.38. The fourth-order valence-electron chi connectivity index (χ4n) is 3.42. The van der Waals surface area contributed by atoms with Gasteiger partial charge in [0.25, 0.3) is 0 Å². The number of ether oxygens (including phenoxy) is 1. The standard InChI is InChI=1S/C19H29N5O2/c1-5-26-19(25)18-16-13-23(12-15-10-20-22(4)11-15)8-7-17(16)24(21-18)9-6-14(2)3/h10-11,14H,5-9,12-13H2,1-4H3. The molecule has 1 aliphatic heterocycles. The van der Waals surface area contributed by atoms with E-state index >= 15 is 0 Å². The monoisotopic (exact) mass is 359 g/mol. The molecule has 2 aromatic heterocycles. The highest BCUT2D eigenvalue weighted by molar-refractivity contribution is 5.89. The molecule has 3 rings (SSSR count). The first-order chi connectivity index (χ1) is 12.5. The number of fused-ring (bicyclic) bond motifs is 1. The number of esters is 1. The van der Waals surface area contributed by atoms with Crippen LogP contribution in [0.4, 0.5) is 0 Å². The van der Waals surface area contributed by atoms with E-state index in [0.29, 0.717) is 18.2 Å². The van der Waals surface area contributed by atoms with Gasteiger partial charge in [0.2, 0.25) is 0 Å². The Morgan fingerprint density at radius 2 is 2.19 bits per heavy atom. The van der Waals surface area contributed by atoms with Crippen LogP contribution in [-0.4, -0.2) is 43.6 Å². The molecule has 0 saturated heterocycles. The van der Waals surface area contributed by atoms with Crippen molar-refractivity contribution in [3.05, 3.63) is 34.9 Å². The van der Waals surface area contributed by atoms with E-state index in [1.54, 1.807) is 0 Å². The molecule has 7 heteroatoms. The summed E-state index contributed by atoms with van der Waals surface area (Å²) < 4.78 is 9.09. The van der Waals surface area contributed by atoms with Gasteiger partial charge in [-0.3, -0.25) is 14.3 Å². The Balaban J connectivity index is 1.82. The summed E-state index contributed by atoms with van der Waals surface area (Å²) in [5, 5.41) is 8.87. The van der Waals surface area contributed by atoms with Gasteiger partial charge in [-0.1, -0.05) is 13.8 Å². The maximum Gasteiger partial charge on any atom is 0.359 e. The third-order valence-electron chi connectivity index (χ3n) is 4.76. The average molecular weight is 359 g/mol. The van der Waals surface area contributed by atoms with Crippen molar-refractivity contribution in [1.29, 1.82) is 0 Å². The molecule has 26 heavy (non-hydrogen) atoms. The Kier molecular flexibility index (Phi) is 5.76. The molecule has 3 heterocycles. The molecule has 1 aliphatic rings. The maximum atomic E-state index is 12.4. The van der Waals surface area contributed by atoms with Crippen molar-refractivity contribution in [2.24, 2.45) is 13.0 Å². The fourth-order valence-corrected chi connectivity index (χ4v) is 3.42. The SMILES string of the molecule is CCOC(=O)c1nn(CCC(C)C)c2c1CN(Cc1cnn(C)c1)CC2. The summed E-state index contributed by atoms with van der Waals surface area (Å²) in [4.78, 5) is 14.8. The highest BCUT2D eigenvalue weighted by atomic mass is 16.5. The molecule has 0 fully saturated rings. The summed E-state index contributed by atoms with van der Waals surface area (Å²) in [6.07, 6.45) is 5.89. The lowest BCUT2D eigenvalue weighted by molar-refractivity contribution is 0.0515. The first-order valence-corrected chi connectivity index (χ1v) is 9.43. The second kappa shape index (κ2) is 8.03. The maximum absolute atomic E-state index is 12.4. The Labute approximate surface area is 154 Å². The van der Waals surface area contributed by atoms with Gasteiger partial charge in [0.1, 0.15) is 0 Å². The smallest absolute Gasteiger partial charge is 0.359 e. The van der Waals surface area contributed by atoms with E-state index in [1.165, 1.54) is 11.3 Å². The minimum atomic E-state index is -0.310. The Hall–Kier alpha value is -2.15. The van der Waals surface area contributed by atoms with Crippen LogP contribution in [0.3, 0.4) is 0 Å². The molecule has 0 aliphatic carbocycles. The Morgan fingerprint density at radius 1 is 1.38 bits per heavy atom. The van der Waals surface area contributed by atoms with Gasteiger partial charge in [-0.2, -0.15) is 10.2 Å². The summed E-state index contributed by atoms with van der Waals surface area (Å²) in [6.45, 7) is 9.96. The van der Waals surface area contributed by atoms with Crippen molar-refractivity contribution in [1.82, 2.24) is 24.5 Å². The Bertz CT molecular complexity index is 762. The van der Waals surface area contributed by atoms with Crippen LogP contribution in [0.15, 0.2) is 12.4 Å². The molecule has 0 unspecified atom stereocenters. The molecule has 7 nitrogen and oxygen atoms in total. The zero-order chi connectivity index (χ0) is 18.7. The molecular weight excluding hydrogens is 330 g/mol. The molecular formula is C19H29N5O2. The summed E-state index contributed by atoms with van der Waals surface area (Å²) in [6, 6.07) is 0. The lowest BCUT2D eigenvalue weighted by atomic mass is 10.0. The zero-order valence-corrected chi connectivity index (χ0v) is 16.2. The van der Waals surface area contributed by atoms with Gasteiger partial charge in [0, 0.05) is 62.7 Å². The van der Waals surface area contributed by atoms with Gasteiger partial charge in [-0.25, -0.2) is 4.79 Å². The number of hydrogen-bond donors (Lipinski definition) is 0. The largest absolute Gasteiger partial charge is 0.461 e. The van der Waals surface area contributed by atoms with Crippen LogP contribution >= 0.6 is 0 Å². The lowest BCUT2D eigenvalue weighted by Gasteiger charge is -2.27. The van der Waals surface area contributed by atoms with Crippen LogP contribution in [0, 0.1) is 5.92 Å². The number of carbonyl (C=O) groups excluding carboxylic acids is 1. The normalized spacial score (nSPS) is 14.7. The van der Waals surface area contributed by atoms with E-state index in [4.69, 9.17) is 4.74 Å². The van der Waals surface area contributed by atoms with Crippen LogP contribution in [0.5, 0.6) is 0 Å². The predicted octanol–water partition coefficient (Wildman–Crippen LogP) is 2.40. The van der Waals surface area contributed by atoms with Crippen molar-refractivity contribution in [2.75, 3.05) is 13.2 Å². The van der Waals surface area contributed by atoms with Crippen molar-refractivity contribution in [2.45, 2.75) is 53.2 Å². The minimum absolute atomic E-state index is 0.310. The molecule has 2 aromatic rings. The number of hydrogen-bond acceptors (Lipinski definition) is 5. The van der Waals surface area contributed by atoms with Gasteiger partial charge in [-0.05, 0) is 19.3 Å². The van der Waals surface area contributed by atoms with Crippen molar-refractivity contribution >= 4 is 5.97 Å². The highest BCUT2D eigenvalue weighted by Gasteiger charge is 2.29. The van der Waals surface area contributed by atoms with Crippen LogP contribution in [0.1, 0.15) is 54.5 Å². The van der Waals surface area contributed by atoms with E-state index in [2.05, 4.69) is 28.9 Å². The van der Waals surface area contributed by atoms with E-state index in [-0.39, 0.29) is 5.97 Å². The molecule has 0 aromatic carbocycles. The second-order valence-corrected chi connectivity index (χ2v) is 7.38. The molecule has 0 atom stereocenters. The average Bonchev–Trinajstić information content (AvgIpc) is 3.16. The summed E-state index contributed by atoms with van der Waals surface area (Å²) >= 11 is 0. The predicted molar refractivity (Wildman–Crippen MR) is 98.7 cm³/mol. The van der Waals surface area contributed by atoms with E-state index < -0.39 is 0 Å². The van der Waals surface area contributed by atoms with Crippen LogP contribution in [0.25, 0.3) is 0 Å². The number of carbonyl (C=O) groups is 1. The van der Waals surface area contributed by atoms with Crippen LogP contribution in [0.2, 0.25) is 0 Å². The third kappa shape index (κ3) is 4.15. The molecule has 0 N–H and O–H groups in total. The third-order valence-corrected chi connectivity index (χ3v) is 4.76. The highest BCUT2D eigenvalue weighted by Crippen LogP contribution is 2.25. The van der Waals surface area contributed by atoms with Gasteiger partial charge < -0.3 is 4.74 Å². The topological polar surface area (TPSA) is 65.2 Å². The minimum Gasteiger partial charge on any atom is -0.461 e. The number of aromatic nitrogens is 4. The van der Waals surface area contributed by atoms with Crippen LogP contribution < -0.4 is 0 Å². The first-order valence-electron chi connectivity index (χ1n) is 9.43. The van der Waals surface area contributed by atoms with Crippen molar-refractivity contribution in [3.63, 3.8) is 0 Å². The van der Waals surface area contributed by atoms with Gasteiger partial charge in [-0.15, -0.1) is 0 Å². The number of aryl methyl sites for hydroxylation is 2. The van der Waals surface area contributed by atoms with Crippen LogP contribution in [-0.2, 0) is 37.8 Å².